The van der Waals surface area contributed by atoms with Crippen molar-refractivity contribution in [2.75, 3.05) is 35.8 Å². The van der Waals surface area contributed by atoms with E-state index in [1.54, 1.807) is 41.6 Å². The minimum atomic E-state index is -3.29. The van der Waals surface area contributed by atoms with Gasteiger partial charge in [0, 0.05) is 19.0 Å². The summed E-state index contributed by atoms with van der Waals surface area (Å²) < 4.78 is 29.1. The highest BCUT2D eigenvalue weighted by Crippen LogP contribution is 2.37. The summed E-state index contributed by atoms with van der Waals surface area (Å²) in [7, 11) is -3.29. The van der Waals surface area contributed by atoms with Crippen molar-refractivity contribution in [3.63, 3.8) is 0 Å². The summed E-state index contributed by atoms with van der Waals surface area (Å²) in [5, 5.41) is 6.97. The monoisotopic (exact) mass is 454 g/mol. The van der Waals surface area contributed by atoms with Crippen LogP contribution in [0, 0.1) is 6.92 Å². The number of aromatic nitrogens is 4. The van der Waals surface area contributed by atoms with Crippen molar-refractivity contribution in [1.29, 1.82) is 0 Å². The topological polar surface area (TPSA) is 121 Å². The van der Waals surface area contributed by atoms with Gasteiger partial charge in [0.1, 0.15) is 11.7 Å². The quantitative estimate of drug-likeness (QED) is 0.627. The molecule has 1 amide bonds. The molecule has 1 unspecified atom stereocenters. The van der Waals surface area contributed by atoms with Crippen LogP contribution in [0.2, 0.25) is 0 Å². The molecular formula is C21H22N6O4S. The Morgan fingerprint density at radius 3 is 2.72 bits per heavy atom. The molecule has 1 aromatic carbocycles. The van der Waals surface area contributed by atoms with Gasteiger partial charge in [-0.15, -0.1) is 0 Å². The second-order valence-electron chi connectivity index (χ2n) is 7.91. The first-order chi connectivity index (χ1) is 15.3. The molecule has 0 saturated carbocycles. The number of nitrogens with one attached hydrogen (secondary N) is 1. The molecule has 1 N–H and O–H groups in total. The van der Waals surface area contributed by atoms with Crippen molar-refractivity contribution in [2.45, 2.75) is 24.4 Å². The number of ether oxygens (including phenoxy) is 1. The Balaban J connectivity index is 1.55. The molecule has 1 fully saturated rings. The van der Waals surface area contributed by atoms with E-state index in [9.17, 15) is 13.2 Å². The lowest BCUT2D eigenvalue weighted by atomic mass is 10.1. The van der Waals surface area contributed by atoms with Crippen molar-refractivity contribution < 1.29 is 17.9 Å². The Labute approximate surface area is 185 Å². The summed E-state index contributed by atoms with van der Waals surface area (Å²) in [4.78, 5) is 26.5. The van der Waals surface area contributed by atoms with Gasteiger partial charge in [0.2, 0.25) is 0 Å². The standard InChI is InChI=1S/C21H22N6O4S/c1-13-16(9-23-25-13)19-22-10-17-20(24-19)26-7-8-31-12-18(26)21(28)27(17)11-14-3-5-15(6-4-14)32(2,29)30/h3-6,9-10,18H,7-8,11-12H2,1-2H3,(H,23,25). The zero-order valence-corrected chi connectivity index (χ0v) is 18.5. The van der Waals surface area contributed by atoms with E-state index in [1.807, 2.05) is 11.8 Å². The Bertz CT molecular complexity index is 1290. The number of carbonyl (C=O) groups excluding carboxylic acids is 1. The van der Waals surface area contributed by atoms with Gasteiger partial charge < -0.3 is 14.5 Å². The van der Waals surface area contributed by atoms with Crippen LogP contribution >= 0.6 is 0 Å². The molecule has 166 valence electrons. The maximum atomic E-state index is 13.4. The highest BCUT2D eigenvalue weighted by molar-refractivity contribution is 7.90. The van der Waals surface area contributed by atoms with Crippen LogP contribution in [-0.2, 0) is 25.9 Å². The average Bonchev–Trinajstić information content (AvgIpc) is 3.22. The third kappa shape index (κ3) is 3.53. The third-order valence-corrected chi connectivity index (χ3v) is 6.88. The highest BCUT2D eigenvalue weighted by Gasteiger charge is 2.41. The van der Waals surface area contributed by atoms with E-state index in [0.29, 0.717) is 30.5 Å². The van der Waals surface area contributed by atoms with E-state index in [2.05, 4.69) is 15.2 Å². The van der Waals surface area contributed by atoms with Gasteiger partial charge in [0.25, 0.3) is 5.91 Å². The number of benzene rings is 1. The Hall–Kier alpha value is -3.31. The smallest absolute Gasteiger partial charge is 0.252 e. The van der Waals surface area contributed by atoms with E-state index in [-0.39, 0.29) is 24.0 Å². The zero-order valence-electron chi connectivity index (χ0n) is 17.6. The van der Waals surface area contributed by atoms with Gasteiger partial charge in [-0.2, -0.15) is 5.10 Å². The van der Waals surface area contributed by atoms with Gasteiger partial charge in [0.15, 0.2) is 21.5 Å². The summed E-state index contributed by atoms with van der Waals surface area (Å²) in [6.07, 6.45) is 4.59. The fourth-order valence-electron chi connectivity index (χ4n) is 4.03. The third-order valence-electron chi connectivity index (χ3n) is 5.76. The number of morpholine rings is 1. The first-order valence-electron chi connectivity index (χ1n) is 10.2. The minimum absolute atomic E-state index is 0.0970. The van der Waals surface area contributed by atoms with E-state index < -0.39 is 15.9 Å². The van der Waals surface area contributed by atoms with E-state index in [0.717, 1.165) is 16.8 Å². The molecule has 0 spiro atoms. The highest BCUT2D eigenvalue weighted by atomic mass is 32.2. The maximum Gasteiger partial charge on any atom is 0.252 e. The van der Waals surface area contributed by atoms with Gasteiger partial charge in [-0.05, 0) is 24.6 Å². The molecule has 0 aliphatic carbocycles. The van der Waals surface area contributed by atoms with Crippen LogP contribution in [-0.4, -0.2) is 66.5 Å². The molecule has 5 rings (SSSR count). The van der Waals surface area contributed by atoms with Crippen LogP contribution < -0.4 is 9.80 Å². The number of hydrogen-bond acceptors (Lipinski definition) is 8. The van der Waals surface area contributed by atoms with Crippen molar-refractivity contribution in [2.24, 2.45) is 0 Å². The van der Waals surface area contributed by atoms with Gasteiger partial charge in [-0.25, -0.2) is 18.4 Å². The van der Waals surface area contributed by atoms with Gasteiger partial charge >= 0.3 is 0 Å². The Kier molecular flexibility index (Phi) is 4.94. The molecular weight excluding hydrogens is 432 g/mol. The lowest BCUT2D eigenvalue weighted by Crippen LogP contribution is -2.58. The van der Waals surface area contributed by atoms with Gasteiger partial charge in [-0.1, -0.05) is 12.1 Å². The predicted molar refractivity (Wildman–Crippen MR) is 117 cm³/mol. The molecule has 11 heteroatoms. The number of fused-ring (bicyclic) bond motifs is 3. The summed E-state index contributed by atoms with van der Waals surface area (Å²) in [6.45, 7) is 3.50. The predicted octanol–water partition coefficient (Wildman–Crippen LogP) is 1.33. The average molecular weight is 455 g/mol. The number of aromatic amines is 1. The second kappa shape index (κ2) is 7.68. The summed E-state index contributed by atoms with van der Waals surface area (Å²) >= 11 is 0. The van der Waals surface area contributed by atoms with Gasteiger partial charge in [0.05, 0.1) is 42.1 Å². The molecule has 32 heavy (non-hydrogen) atoms. The number of rotatable bonds is 4. The lowest BCUT2D eigenvalue weighted by molar-refractivity contribution is -0.122. The van der Waals surface area contributed by atoms with Crippen LogP contribution in [0.4, 0.5) is 11.5 Å². The summed E-state index contributed by atoms with van der Waals surface area (Å²) in [5.41, 5.74) is 3.01. The maximum absolute atomic E-state index is 13.4. The number of H-pyrrole nitrogens is 1. The number of carbonyl (C=O) groups is 1. The summed E-state index contributed by atoms with van der Waals surface area (Å²) in [6, 6.07) is 6.07. The number of nitrogens with zero attached hydrogens (tertiary/aromatic N) is 5. The van der Waals surface area contributed by atoms with E-state index in [4.69, 9.17) is 9.72 Å². The van der Waals surface area contributed by atoms with Crippen LogP contribution in [0.25, 0.3) is 11.4 Å². The minimum Gasteiger partial charge on any atom is -0.377 e. The fourth-order valence-corrected chi connectivity index (χ4v) is 4.66. The zero-order chi connectivity index (χ0) is 22.5. The van der Waals surface area contributed by atoms with Crippen LogP contribution in [0.5, 0.6) is 0 Å². The Morgan fingerprint density at radius 1 is 1.25 bits per heavy atom. The van der Waals surface area contributed by atoms with Crippen molar-refractivity contribution in [1.82, 2.24) is 20.2 Å². The first-order valence-corrected chi connectivity index (χ1v) is 12.0. The lowest BCUT2D eigenvalue weighted by Gasteiger charge is -2.43. The molecule has 1 atom stereocenters. The fraction of sp³-hybridized carbons (Fsp3) is 0.333. The number of hydrogen-bond donors (Lipinski definition) is 1. The van der Waals surface area contributed by atoms with Crippen LogP contribution in [0.1, 0.15) is 11.3 Å². The molecule has 1 saturated heterocycles. The summed E-state index contributed by atoms with van der Waals surface area (Å²) in [5.74, 6) is 1.11. The number of anilines is 2. The number of sulfone groups is 1. The molecule has 10 nitrogen and oxygen atoms in total. The molecule has 0 bridgehead atoms. The Morgan fingerprint density at radius 2 is 2.03 bits per heavy atom. The molecule has 3 aromatic rings. The largest absolute Gasteiger partial charge is 0.377 e. The molecule has 4 heterocycles. The van der Waals surface area contributed by atoms with Crippen molar-refractivity contribution >= 4 is 27.2 Å². The van der Waals surface area contributed by atoms with E-state index >= 15 is 0 Å². The first kappa shape index (κ1) is 20.6. The molecule has 2 aromatic heterocycles. The van der Waals surface area contributed by atoms with Crippen molar-refractivity contribution in [3.05, 3.63) is 47.9 Å². The molecule has 2 aliphatic rings. The number of amides is 1. The van der Waals surface area contributed by atoms with E-state index in [1.165, 1.54) is 6.26 Å². The molecule has 0 radical (unpaired) electrons. The van der Waals surface area contributed by atoms with Gasteiger partial charge in [-0.3, -0.25) is 9.89 Å². The SMILES string of the molecule is Cc1n[nH]cc1-c1ncc2c(n1)N1CCOCC1C(=O)N2Cc1ccc(S(C)(=O)=O)cc1. The van der Waals surface area contributed by atoms with Crippen LogP contribution in [0.15, 0.2) is 41.6 Å². The second-order valence-corrected chi connectivity index (χ2v) is 9.93. The van der Waals surface area contributed by atoms with Crippen molar-refractivity contribution in [3.8, 4) is 11.4 Å². The molecule has 2 aliphatic heterocycles. The normalized spacial score (nSPS) is 18.4. The van der Waals surface area contributed by atoms with Crippen LogP contribution in [0.3, 0.4) is 0 Å². The number of aryl methyl sites for hydroxylation is 1.